The maximum Gasteiger partial charge on any atom is 0.237 e. The molecule has 1 fully saturated rings. The van der Waals surface area contributed by atoms with Gasteiger partial charge in [-0.25, -0.2) is 0 Å². The topological polar surface area (TPSA) is 58.4 Å². The Morgan fingerprint density at radius 2 is 2.00 bits per heavy atom. The van der Waals surface area contributed by atoms with Gasteiger partial charge in [0.25, 0.3) is 0 Å². The van der Waals surface area contributed by atoms with Gasteiger partial charge in [-0.2, -0.15) is 0 Å². The van der Waals surface area contributed by atoms with Crippen molar-refractivity contribution in [2.75, 3.05) is 13.1 Å². The van der Waals surface area contributed by atoms with E-state index in [9.17, 15) is 4.79 Å². The first kappa shape index (κ1) is 14.5. The Morgan fingerprint density at radius 3 is 2.47 bits per heavy atom. The van der Waals surface area contributed by atoms with Crippen molar-refractivity contribution in [1.82, 2.24) is 10.2 Å². The third-order valence-electron chi connectivity index (χ3n) is 3.54. The average Bonchev–Trinajstić information content (AvgIpc) is 2.30. The first-order chi connectivity index (χ1) is 8.04. The zero-order valence-electron chi connectivity index (χ0n) is 11.4. The highest BCUT2D eigenvalue weighted by Crippen LogP contribution is 2.13. The first-order valence-corrected chi connectivity index (χ1v) is 6.84. The molecule has 0 aromatic carbocycles. The number of carbonyl (C=O) groups excluding carboxylic acids is 1. The van der Waals surface area contributed by atoms with Crippen LogP contribution in [0.4, 0.5) is 0 Å². The van der Waals surface area contributed by atoms with Gasteiger partial charge in [0.15, 0.2) is 0 Å². The van der Waals surface area contributed by atoms with E-state index < -0.39 is 0 Å². The zero-order valence-corrected chi connectivity index (χ0v) is 11.4. The molecule has 1 amide bonds. The summed E-state index contributed by atoms with van der Waals surface area (Å²) >= 11 is 0. The van der Waals surface area contributed by atoms with Crippen LogP contribution in [0.15, 0.2) is 0 Å². The second-order valence-corrected chi connectivity index (χ2v) is 5.31. The molecule has 0 saturated carbocycles. The lowest BCUT2D eigenvalue weighted by Gasteiger charge is -2.35. The minimum absolute atomic E-state index is 0.0230. The van der Waals surface area contributed by atoms with Crippen molar-refractivity contribution < 1.29 is 4.79 Å². The van der Waals surface area contributed by atoms with Crippen LogP contribution in [0.5, 0.6) is 0 Å². The number of hydrogen-bond donors (Lipinski definition) is 2. The third-order valence-corrected chi connectivity index (χ3v) is 3.54. The Bertz CT molecular complexity index is 235. The fourth-order valence-electron chi connectivity index (χ4n) is 2.31. The van der Waals surface area contributed by atoms with Crippen molar-refractivity contribution >= 4 is 5.91 Å². The van der Waals surface area contributed by atoms with Gasteiger partial charge in [0.2, 0.25) is 5.91 Å². The minimum Gasteiger partial charge on any atom is -0.352 e. The molecule has 1 rings (SSSR count). The van der Waals surface area contributed by atoms with Crippen LogP contribution in [0.3, 0.4) is 0 Å². The predicted molar refractivity (Wildman–Crippen MR) is 70.8 cm³/mol. The van der Waals surface area contributed by atoms with Crippen molar-refractivity contribution in [3.05, 3.63) is 0 Å². The fourth-order valence-corrected chi connectivity index (χ4v) is 2.31. The van der Waals surface area contributed by atoms with E-state index in [4.69, 9.17) is 5.73 Å². The second kappa shape index (κ2) is 6.97. The molecule has 0 aromatic heterocycles. The summed E-state index contributed by atoms with van der Waals surface area (Å²) < 4.78 is 0. The molecule has 0 aliphatic carbocycles. The molecule has 4 heteroatoms. The van der Waals surface area contributed by atoms with E-state index in [1.807, 2.05) is 6.92 Å². The van der Waals surface area contributed by atoms with E-state index in [1.54, 1.807) is 0 Å². The largest absolute Gasteiger partial charge is 0.352 e. The van der Waals surface area contributed by atoms with Gasteiger partial charge in [0.1, 0.15) is 0 Å². The summed E-state index contributed by atoms with van der Waals surface area (Å²) in [6.07, 6.45) is 3.82. The van der Waals surface area contributed by atoms with Gasteiger partial charge in [-0.1, -0.05) is 13.3 Å². The molecule has 1 atom stereocenters. The number of carbonyl (C=O) groups is 1. The Morgan fingerprint density at radius 1 is 1.41 bits per heavy atom. The van der Waals surface area contributed by atoms with E-state index in [-0.39, 0.29) is 11.9 Å². The van der Waals surface area contributed by atoms with Crippen LogP contribution in [0.1, 0.15) is 46.5 Å². The van der Waals surface area contributed by atoms with Crippen LogP contribution in [0, 0.1) is 0 Å². The number of nitrogens with two attached hydrogens (primary N) is 1. The lowest BCUT2D eigenvalue weighted by atomic mass is 10.0. The van der Waals surface area contributed by atoms with E-state index in [1.165, 1.54) is 0 Å². The number of rotatable bonds is 5. The van der Waals surface area contributed by atoms with Gasteiger partial charge in [0.05, 0.1) is 6.04 Å². The number of amides is 1. The quantitative estimate of drug-likeness (QED) is 0.758. The van der Waals surface area contributed by atoms with Gasteiger partial charge in [-0.05, 0) is 33.1 Å². The van der Waals surface area contributed by atoms with Crippen molar-refractivity contribution in [2.24, 2.45) is 5.73 Å². The molecule has 100 valence electrons. The lowest BCUT2D eigenvalue weighted by Crippen LogP contribution is -2.50. The molecule has 1 saturated heterocycles. The Kier molecular flexibility index (Phi) is 5.92. The Balaban J connectivity index is 2.28. The standard InChI is InChI=1S/C13H27N3O/c1-4-5-12(14)13(17)15-11-6-8-16(9-7-11)10(2)3/h10-12H,4-9,14H2,1-3H3,(H,15,17). The molecule has 0 radical (unpaired) electrons. The summed E-state index contributed by atoms with van der Waals surface area (Å²) in [5.74, 6) is 0.0230. The van der Waals surface area contributed by atoms with Gasteiger partial charge in [-0.15, -0.1) is 0 Å². The molecular weight excluding hydrogens is 214 g/mol. The number of nitrogens with one attached hydrogen (secondary N) is 1. The van der Waals surface area contributed by atoms with Crippen molar-refractivity contribution in [3.63, 3.8) is 0 Å². The monoisotopic (exact) mass is 241 g/mol. The van der Waals surface area contributed by atoms with Gasteiger partial charge in [-0.3, -0.25) is 4.79 Å². The summed E-state index contributed by atoms with van der Waals surface area (Å²) in [6.45, 7) is 8.64. The van der Waals surface area contributed by atoms with Gasteiger partial charge < -0.3 is 16.0 Å². The summed E-state index contributed by atoms with van der Waals surface area (Å²) in [5.41, 5.74) is 5.80. The predicted octanol–water partition coefficient (Wildman–Crippen LogP) is 1.10. The van der Waals surface area contributed by atoms with Crippen LogP contribution in [-0.2, 0) is 4.79 Å². The van der Waals surface area contributed by atoms with Gasteiger partial charge >= 0.3 is 0 Å². The molecule has 0 spiro atoms. The Labute approximate surface area is 105 Å². The maximum absolute atomic E-state index is 11.8. The molecule has 0 bridgehead atoms. The first-order valence-electron chi connectivity index (χ1n) is 6.84. The molecule has 1 aliphatic heterocycles. The molecule has 4 nitrogen and oxygen atoms in total. The molecule has 3 N–H and O–H groups in total. The van der Waals surface area contributed by atoms with Gasteiger partial charge in [0, 0.05) is 25.2 Å². The molecule has 0 aromatic rings. The Hall–Kier alpha value is -0.610. The highest BCUT2D eigenvalue weighted by Gasteiger charge is 2.23. The smallest absolute Gasteiger partial charge is 0.237 e. The highest BCUT2D eigenvalue weighted by atomic mass is 16.2. The zero-order chi connectivity index (χ0) is 12.8. The third kappa shape index (κ3) is 4.64. The number of hydrogen-bond acceptors (Lipinski definition) is 3. The number of likely N-dealkylation sites (tertiary alicyclic amines) is 1. The van der Waals surface area contributed by atoms with Crippen LogP contribution in [0.2, 0.25) is 0 Å². The van der Waals surface area contributed by atoms with Crippen LogP contribution < -0.4 is 11.1 Å². The molecular formula is C13H27N3O. The normalized spacial score (nSPS) is 20.5. The summed E-state index contributed by atoms with van der Waals surface area (Å²) in [5, 5.41) is 3.07. The fraction of sp³-hybridized carbons (Fsp3) is 0.923. The molecule has 1 heterocycles. The number of piperidine rings is 1. The van der Waals surface area contributed by atoms with E-state index in [0.29, 0.717) is 12.1 Å². The van der Waals surface area contributed by atoms with E-state index >= 15 is 0 Å². The highest BCUT2D eigenvalue weighted by molar-refractivity contribution is 5.81. The summed E-state index contributed by atoms with van der Waals surface area (Å²) in [4.78, 5) is 14.2. The summed E-state index contributed by atoms with van der Waals surface area (Å²) in [7, 11) is 0. The minimum atomic E-state index is -0.330. The SMILES string of the molecule is CCCC(N)C(=O)NC1CCN(C(C)C)CC1. The molecule has 1 aliphatic rings. The average molecular weight is 241 g/mol. The van der Waals surface area contributed by atoms with Crippen LogP contribution in [-0.4, -0.2) is 42.0 Å². The van der Waals surface area contributed by atoms with Crippen molar-refractivity contribution in [1.29, 1.82) is 0 Å². The lowest BCUT2D eigenvalue weighted by molar-refractivity contribution is -0.123. The van der Waals surface area contributed by atoms with Crippen LogP contribution in [0.25, 0.3) is 0 Å². The van der Waals surface area contributed by atoms with Crippen LogP contribution >= 0.6 is 0 Å². The number of nitrogens with zero attached hydrogens (tertiary/aromatic N) is 1. The van der Waals surface area contributed by atoms with Crippen molar-refractivity contribution in [2.45, 2.75) is 64.6 Å². The van der Waals surface area contributed by atoms with E-state index in [0.717, 1.165) is 38.8 Å². The van der Waals surface area contributed by atoms with E-state index in [2.05, 4.69) is 24.1 Å². The molecule has 1 unspecified atom stereocenters. The maximum atomic E-state index is 11.8. The molecule has 17 heavy (non-hydrogen) atoms. The summed E-state index contributed by atoms with van der Waals surface area (Å²) in [6, 6.07) is 0.595. The van der Waals surface area contributed by atoms with Crippen molar-refractivity contribution in [3.8, 4) is 0 Å². The second-order valence-electron chi connectivity index (χ2n) is 5.31.